The molecule has 0 radical (unpaired) electrons. The molecule has 0 aliphatic rings. The van der Waals surface area contributed by atoms with Crippen molar-refractivity contribution in [1.29, 1.82) is 0 Å². The molecule has 2 aromatic carbocycles. The number of nitrogens with one attached hydrogen (secondary N) is 2. The second-order valence-electron chi connectivity index (χ2n) is 8.46. The molecule has 35 heavy (non-hydrogen) atoms. The first kappa shape index (κ1) is 23.7. The average Bonchev–Trinajstić information content (AvgIpc) is 3.25. The highest BCUT2D eigenvalue weighted by Gasteiger charge is 2.21. The highest BCUT2D eigenvalue weighted by Crippen LogP contribution is 2.22. The molecule has 1 unspecified atom stereocenters. The predicted octanol–water partition coefficient (Wildman–Crippen LogP) is 3.04. The van der Waals surface area contributed by atoms with E-state index in [9.17, 15) is 19.5 Å². The van der Waals surface area contributed by atoms with Gasteiger partial charge in [0, 0.05) is 29.7 Å². The SMILES string of the molecule is COC(=O)C(Cc1c[nH]c2ccccc12)N=Cc1c(O)n(-c2ccc(C(C)C)cc2)c(=O)[nH]c1=O. The van der Waals surface area contributed by atoms with Gasteiger partial charge in [0.25, 0.3) is 5.56 Å². The molecule has 0 spiro atoms. The maximum atomic E-state index is 12.5. The Bertz CT molecular complexity index is 1510. The van der Waals surface area contributed by atoms with Crippen LogP contribution in [-0.4, -0.2) is 45.0 Å². The molecule has 0 saturated heterocycles. The van der Waals surface area contributed by atoms with E-state index in [4.69, 9.17) is 4.74 Å². The number of aromatic nitrogens is 3. The van der Waals surface area contributed by atoms with E-state index in [1.807, 2.05) is 50.2 Å². The van der Waals surface area contributed by atoms with E-state index in [1.165, 1.54) is 7.11 Å². The summed E-state index contributed by atoms with van der Waals surface area (Å²) in [5.74, 6) is -0.879. The minimum absolute atomic E-state index is 0.210. The first-order chi connectivity index (χ1) is 16.8. The van der Waals surface area contributed by atoms with Gasteiger partial charge in [-0.2, -0.15) is 0 Å². The number of para-hydroxylation sites is 1. The largest absolute Gasteiger partial charge is 0.493 e. The van der Waals surface area contributed by atoms with E-state index in [2.05, 4.69) is 15.0 Å². The molecule has 4 aromatic rings. The number of aromatic amines is 2. The van der Waals surface area contributed by atoms with Crippen LogP contribution in [0.4, 0.5) is 0 Å². The Labute approximate surface area is 200 Å². The van der Waals surface area contributed by atoms with Crippen molar-refractivity contribution in [2.75, 3.05) is 7.11 Å². The lowest BCUT2D eigenvalue weighted by Gasteiger charge is -2.12. The summed E-state index contributed by atoms with van der Waals surface area (Å²) in [5, 5.41) is 11.8. The molecule has 0 aliphatic carbocycles. The smallest absolute Gasteiger partial charge is 0.335 e. The maximum Gasteiger partial charge on any atom is 0.335 e. The van der Waals surface area contributed by atoms with Crippen molar-refractivity contribution in [3.8, 4) is 11.6 Å². The molecule has 9 nitrogen and oxygen atoms in total. The lowest BCUT2D eigenvalue weighted by atomic mass is 10.0. The number of esters is 1. The number of fused-ring (bicyclic) bond motifs is 1. The van der Waals surface area contributed by atoms with Gasteiger partial charge in [-0.15, -0.1) is 0 Å². The number of aromatic hydroxyl groups is 1. The normalized spacial score (nSPS) is 12.5. The van der Waals surface area contributed by atoms with Crippen molar-refractivity contribution in [2.45, 2.75) is 32.2 Å². The fraction of sp³-hybridized carbons (Fsp3) is 0.231. The number of aliphatic imine (C=N–C) groups is 1. The Morgan fingerprint density at radius 1 is 1.14 bits per heavy atom. The molecular formula is C26H26N4O5. The number of methoxy groups -OCH3 is 1. The molecular weight excluding hydrogens is 448 g/mol. The zero-order valence-electron chi connectivity index (χ0n) is 19.6. The number of ether oxygens (including phenoxy) is 1. The van der Waals surface area contributed by atoms with Crippen LogP contribution >= 0.6 is 0 Å². The lowest BCUT2D eigenvalue weighted by Crippen LogP contribution is -2.31. The molecule has 0 aliphatic heterocycles. The second kappa shape index (κ2) is 9.84. The topological polar surface area (TPSA) is 130 Å². The second-order valence-corrected chi connectivity index (χ2v) is 8.46. The highest BCUT2D eigenvalue weighted by molar-refractivity contribution is 5.87. The summed E-state index contributed by atoms with van der Waals surface area (Å²) in [4.78, 5) is 47.0. The Morgan fingerprint density at radius 2 is 1.86 bits per heavy atom. The van der Waals surface area contributed by atoms with E-state index in [0.717, 1.165) is 32.8 Å². The van der Waals surface area contributed by atoms with Crippen LogP contribution in [-0.2, 0) is 16.0 Å². The molecule has 0 fully saturated rings. The summed E-state index contributed by atoms with van der Waals surface area (Å²) in [6.45, 7) is 4.09. The van der Waals surface area contributed by atoms with Gasteiger partial charge in [-0.3, -0.25) is 14.8 Å². The number of carbonyl (C=O) groups is 1. The standard InChI is InChI=1S/C26H26N4O5/c1-15(2)16-8-10-18(11-9-16)30-24(32)20(23(31)29-26(30)34)14-28-22(25(33)35-3)12-17-13-27-21-7-5-4-6-19(17)21/h4-11,13-15,22,27,32H,12H2,1-3H3,(H,29,31,34). The minimum Gasteiger partial charge on any atom is -0.493 e. The van der Waals surface area contributed by atoms with Gasteiger partial charge in [-0.25, -0.2) is 14.2 Å². The van der Waals surface area contributed by atoms with Crippen LogP contribution in [0.3, 0.4) is 0 Å². The third-order valence-corrected chi connectivity index (χ3v) is 5.88. The van der Waals surface area contributed by atoms with Crippen LogP contribution < -0.4 is 11.2 Å². The fourth-order valence-electron chi connectivity index (χ4n) is 3.91. The predicted molar refractivity (Wildman–Crippen MR) is 134 cm³/mol. The van der Waals surface area contributed by atoms with Gasteiger partial charge in [-0.1, -0.05) is 44.2 Å². The number of benzene rings is 2. The Balaban J connectivity index is 1.71. The van der Waals surface area contributed by atoms with E-state index < -0.39 is 29.1 Å². The summed E-state index contributed by atoms with van der Waals surface area (Å²) < 4.78 is 5.88. The zero-order valence-corrected chi connectivity index (χ0v) is 19.6. The quantitative estimate of drug-likeness (QED) is 0.280. The molecule has 0 amide bonds. The number of rotatable bonds is 7. The van der Waals surface area contributed by atoms with Gasteiger partial charge in [0.2, 0.25) is 5.88 Å². The average molecular weight is 475 g/mol. The highest BCUT2D eigenvalue weighted by atomic mass is 16.5. The van der Waals surface area contributed by atoms with Crippen molar-refractivity contribution < 1.29 is 14.6 Å². The zero-order chi connectivity index (χ0) is 25.1. The first-order valence-electron chi connectivity index (χ1n) is 11.1. The summed E-state index contributed by atoms with van der Waals surface area (Å²) in [6.07, 6.45) is 3.10. The van der Waals surface area contributed by atoms with E-state index >= 15 is 0 Å². The summed E-state index contributed by atoms with van der Waals surface area (Å²) >= 11 is 0. The van der Waals surface area contributed by atoms with Crippen molar-refractivity contribution >= 4 is 23.1 Å². The third-order valence-electron chi connectivity index (χ3n) is 5.88. The van der Waals surface area contributed by atoms with E-state index in [0.29, 0.717) is 11.6 Å². The van der Waals surface area contributed by atoms with Gasteiger partial charge in [0.1, 0.15) is 5.56 Å². The van der Waals surface area contributed by atoms with Gasteiger partial charge in [0.05, 0.1) is 12.8 Å². The number of nitrogens with zero attached hydrogens (tertiary/aromatic N) is 2. The van der Waals surface area contributed by atoms with E-state index in [-0.39, 0.29) is 12.0 Å². The van der Waals surface area contributed by atoms with Gasteiger partial charge in [0.15, 0.2) is 6.04 Å². The van der Waals surface area contributed by atoms with Gasteiger partial charge < -0.3 is 14.8 Å². The minimum atomic E-state index is -0.969. The van der Waals surface area contributed by atoms with Crippen LogP contribution in [0.5, 0.6) is 5.88 Å². The molecule has 180 valence electrons. The Morgan fingerprint density at radius 3 is 2.54 bits per heavy atom. The third kappa shape index (κ3) is 4.79. The van der Waals surface area contributed by atoms with Crippen LogP contribution in [0.25, 0.3) is 16.6 Å². The molecule has 0 bridgehead atoms. The Hall–Kier alpha value is -4.40. The van der Waals surface area contributed by atoms with Crippen LogP contribution in [0, 0.1) is 0 Å². The van der Waals surface area contributed by atoms with Crippen LogP contribution in [0.15, 0.2) is 69.3 Å². The summed E-state index contributed by atoms with van der Waals surface area (Å²) in [5.41, 5.74) is 1.36. The summed E-state index contributed by atoms with van der Waals surface area (Å²) in [7, 11) is 1.26. The maximum absolute atomic E-state index is 12.5. The summed E-state index contributed by atoms with van der Waals surface area (Å²) in [6, 6.07) is 13.7. The van der Waals surface area contributed by atoms with Crippen molar-refractivity contribution in [1.82, 2.24) is 14.5 Å². The van der Waals surface area contributed by atoms with Crippen LogP contribution in [0.2, 0.25) is 0 Å². The van der Waals surface area contributed by atoms with Crippen LogP contribution in [0.1, 0.15) is 36.5 Å². The first-order valence-corrected chi connectivity index (χ1v) is 11.1. The number of hydrogen-bond acceptors (Lipinski definition) is 6. The van der Waals surface area contributed by atoms with Gasteiger partial charge in [-0.05, 0) is 35.2 Å². The lowest BCUT2D eigenvalue weighted by molar-refractivity contribution is -0.142. The Kier molecular flexibility index (Phi) is 6.68. The van der Waals surface area contributed by atoms with Crippen molar-refractivity contribution in [3.63, 3.8) is 0 Å². The number of H-pyrrole nitrogens is 2. The van der Waals surface area contributed by atoms with Crippen molar-refractivity contribution in [3.05, 3.63) is 92.3 Å². The molecule has 2 heterocycles. The molecule has 9 heteroatoms. The van der Waals surface area contributed by atoms with Gasteiger partial charge >= 0.3 is 11.7 Å². The van der Waals surface area contributed by atoms with Crippen molar-refractivity contribution in [2.24, 2.45) is 4.99 Å². The molecule has 4 rings (SSSR count). The number of carbonyl (C=O) groups excluding carboxylic acids is 1. The van der Waals surface area contributed by atoms with E-state index in [1.54, 1.807) is 18.3 Å². The molecule has 3 N–H and O–H groups in total. The molecule has 0 saturated carbocycles. The molecule has 2 aromatic heterocycles. The molecule has 1 atom stereocenters. The number of hydrogen-bond donors (Lipinski definition) is 3. The fourth-order valence-corrected chi connectivity index (χ4v) is 3.91. The monoisotopic (exact) mass is 474 g/mol.